The average molecular weight is 315 g/mol. The summed E-state index contributed by atoms with van der Waals surface area (Å²) in [5.74, 6) is -0.576. The van der Waals surface area contributed by atoms with Gasteiger partial charge < -0.3 is 15.2 Å². The summed E-state index contributed by atoms with van der Waals surface area (Å²) in [6.07, 6.45) is 0.698. The van der Waals surface area contributed by atoms with E-state index in [1.165, 1.54) is 6.07 Å². The Bertz CT molecular complexity index is 758. The molecule has 0 bridgehead atoms. The largest absolute Gasteiger partial charge is 0.496 e. The molecule has 1 heterocycles. The highest BCUT2D eigenvalue weighted by Crippen LogP contribution is 2.36. The molecule has 0 aliphatic carbocycles. The molecule has 2 aromatic carbocycles. The van der Waals surface area contributed by atoms with Crippen LogP contribution in [0.25, 0.3) is 11.1 Å². The van der Waals surface area contributed by atoms with Crippen molar-refractivity contribution in [3.8, 4) is 16.9 Å². The molecule has 0 fully saturated rings. The first-order chi connectivity index (χ1) is 11.1. The number of ether oxygens (including phenoxy) is 1. The van der Waals surface area contributed by atoms with Crippen LogP contribution in [0.4, 0.5) is 4.39 Å². The van der Waals surface area contributed by atoms with Gasteiger partial charge in [-0.05, 0) is 59.5 Å². The van der Waals surface area contributed by atoms with E-state index in [-0.39, 0.29) is 12.2 Å². The van der Waals surface area contributed by atoms with E-state index in [0.29, 0.717) is 17.9 Å². The molecule has 0 amide bonds. The number of carboxylic acids is 1. The van der Waals surface area contributed by atoms with Crippen molar-refractivity contribution in [2.45, 2.75) is 19.4 Å². The molecule has 1 aliphatic heterocycles. The maximum absolute atomic E-state index is 14.0. The van der Waals surface area contributed by atoms with Gasteiger partial charge in [-0.3, -0.25) is 4.79 Å². The van der Waals surface area contributed by atoms with E-state index in [9.17, 15) is 9.18 Å². The van der Waals surface area contributed by atoms with Gasteiger partial charge in [0.05, 0.1) is 13.5 Å². The molecule has 0 saturated heterocycles. The van der Waals surface area contributed by atoms with Gasteiger partial charge in [-0.2, -0.15) is 0 Å². The maximum atomic E-state index is 14.0. The SMILES string of the molecule is COc1ccc(CC(=O)O)cc1-c1cc(F)cc2c1CNCC2. The lowest BCUT2D eigenvalue weighted by Crippen LogP contribution is -2.24. The molecule has 0 unspecified atom stereocenters. The molecular weight excluding hydrogens is 297 g/mol. The Labute approximate surface area is 133 Å². The minimum atomic E-state index is -0.899. The molecular formula is C18H18FNO3. The highest BCUT2D eigenvalue weighted by molar-refractivity contribution is 5.77. The molecule has 0 radical (unpaired) electrons. The highest BCUT2D eigenvalue weighted by atomic mass is 19.1. The number of nitrogens with one attached hydrogen (secondary N) is 1. The summed E-state index contributed by atoms with van der Waals surface area (Å²) in [6.45, 7) is 1.49. The second-order valence-electron chi connectivity index (χ2n) is 5.62. The van der Waals surface area contributed by atoms with E-state index in [0.717, 1.165) is 35.2 Å². The molecule has 1 aliphatic rings. The molecule has 0 spiro atoms. The van der Waals surface area contributed by atoms with E-state index < -0.39 is 5.97 Å². The first kappa shape index (κ1) is 15.5. The fourth-order valence-electron chi connectivity index (χ4n) is 3.05. The normalized spacial score (nSPS) is 13.5. The molecule has 23 heavy (non-hydrogen) atoms. The Kier molecular flexibility index (Phi) is 4.30. The second-order valence-corrected chi connectivity index (χ2v) is 5.62. The Balaban J connectivity index is 2.17. The molecule has 2 N–H and O–H groups in total. The summed E-state index contributed by atoms with van der Waals surface area (Å²) in [4.78, 5) is 11.0. The van der Waals surface area contributed by atoms with Crippen LogP contribution < -0.4 is 10.1 Å². The van der Waals surface area contributed by atoms with Crippen molar-refractivity contribution < 1.29 is 19.0 Å². The van der Waals surface area contributed by atoms with Crippen LogP contribution in [0.5, 0.6) is 5.75 Å². The number of fused-ring (bicyclic) bond motifs is 1. The van der Waals surface area contributed by atoms with E-state index in [1.807, 2.05) is 0 Å². The van der Waals surface area contributed by atoms with Crippen molar-refractivity contribution in [2.75, 3.05) is 13.7 Å². The molecule has 4 nitrogen and oxygen atoms in total. The third-order valence-electron chi connectivity index (χ3n) is 4.09. The molecule has 2 aromatic rings. The van der Waals surface area contributed by atoms with Crippen LogP contribution in [-0.2, 0) is 24.2 Å². The number of methoxy groups -OCH3 is 1. The number of hydrogen-bond donors (Lipinski definition) is 2. The summed E-state index contributed by atoms with van der Waals surface area (Å²) >= 11 is 0. The third kappa shape index (κ3) is 3.19. The van der Waals surface area contributed by atoms with Gasteiger partial charge in [-0.15, -0.1) is 0 Å². The van der Waals surface area contributed by atoms with Crippen molar-refractivity contribution in [3.63, 3.8) is 0 Å². The number of carboxylic acid groups (broad SMARTS) is 1. The molecule has 3 rings (SSSR count). The smallest absolute Gasteiger partial charge is 0.307 e. The first-order valence-corrected chi connectivity index (χ1v) is 7.49. The van der Waals surface area contributed by atoms with Crippen molar-refractivity contribution >= 4 is 5.97 Å². The summed E-state index contributed by atoms with van der Waals surface area (Å²) in [6, 6.07) is 8.31. The quantitative estimate of drug-likeness (QED) is 0.911. The fourth-order valence-corrected chi connectivity index (χ4v) is 3.05. The van der Waals surface area contributed by atoms with Crippen molar-refractivity contribution in [1.29, 1.82) is 0 Å². The zero-order valence-corrected chi connectivity index (χ0v) is 12.9. The Morgan fingerprint density at radius 2 is 2.13 bits per heavy atom. The number of benzene rings is 2. The van der Waals surface area contributed by atoms with Crippen LogP contribution in [0, 0.1) is 5.82 Å². The van der Waals surface area contributed by atoms with Crippen molar-refractivity contribution in [1.82, 2.24) is 5.32 Å². The van der Waals surface area contributed by atoms with Gasteiger partial charge in [0, 0.05) is 12.1 Å². The van der Waals surface area contributed by atoms with Crippen molar-refractivity contribution in [3.05, 3.63) is 52.8 Å². The van der Waals surface area contributed by atoms with Gasteiger partial charge in [0.2, 0.25) is 0 Å². The van der Waals surface area contributed by atoms with Crippen LogP contribution in [0.2, 0.25) is 0 Å². The molecule has 5 heteroatoms. The number of carbonyl (C=O) groups is 1. The zero-order valence-electron chi connectivity index (χ0n) is 12.9. The summed E-state index contributed by atoms with van der Waals surface area (Å²) in [7, 11) is 1.56. The fraction of sp³-hybridized carbons (Fsp3) is 0.278. The lowest BCUT2D eigenvalue weighted by atomic mass is 9.90. The second kappa shape index (κ2) is 6.38. The van der Waals surface area contributed by atoms with Gasteiger partial charge in [-0.25, -0.2) is 4.39 Å². The zero-order chi connectivity index (χ0) is 16.4. The van der Waals surface area contributed by atoms with Crippen molar-refractivity contribution in [2.24, 2.45) is 0 Å². The van der Waals surface area contributed by atoms with Crippen LogP contribution in [-0.4, -0.2) is 24.7 Å². The first-order valence-electron chi connectivity index (χ1n) is 7.49. The van der Waals surface area contributed by atoms with E-state index in [4.69, 9.17) is 9.84 Å². The lowest BCUT2D eigenvalue weighted by Gasteiger charge is -2.22. The summed E-state index contributed by atoms with van der Waals surface area (Å²) in [5.41, 5.74) is 4.19. The van der Waals surface area contributed by atoms with E-state index >= 15 is 0 Å². The molecule has 0 saturated carbocycles. The average Bonchev–Trinajstić information content (AvgIpc) is 2.53. The number of hydrogen-bond acceptors (Lipinski definition) is 3. The van der Waals surface area contributed by atoms with Gasteiger partial charge in [-0.1, -0.05) is 6.07 Å². The Hall–Kier alpha value is -2.40. The highest BCUT2D eigenvalue weighted by Gasteiger charge is 2.19. The van der Waals surface area contributed by atoms with Gasteiger partial charge in [0.25, 0.3) is 0 Å². The van der Waals surface area contributed by atoms with Gasteiger partial charge >= 0.3 is 5.97 Å². The van der Waals surface area contributed by atoms with Crippen LogP contribution in [0.1, 0.15) is 16.7 Å². The van der Waals surface area contributed by atoms with Crippen LogP contribution >= 0.6 is 0 Å². The number of rotatable bonds is 4. The molecule has 120 valence electrons. The number of halogens is 1. The topological polar surface area (TPSA) is 58.6 Å². The minimum Gasteiger partial charge on any atom is -0.496 e. The predicted molar refractivity (Wildman–Crippen MR) is 85.1 cm³/mol. The standard InChI is InChI=1S/C18H18FNO3/c1-23-17-3-2-11(7-18(21)22)6-15(17)14-9-13(19)8-12-4-5-20-10-16(12)14/h2-3,6,8-9,20H,4-5,7,10H2,1H3,(H,21,22). The molecule has 0 aromatic heterocycles. The third-order valence-corrected chi connectivity index (χ3v) is 4.09. The maximum Gasteiger partial charge on any atom is 0.307 e. The van der Waals surface area contributed by atoms with Crippen LogP contribution in [0.15, 0.2) is 30.3 Å². The Morgan fingerprint density at radius 1 is 1.30 bits per heavy atom. The van der Waals surface area contributed by atoms with E-state index in [2.05, 4.69) is 5.32 Å². The Morgan fingerprint density at radius 3 is 2.87 bits per heavy atom. The summed E-state index contributed by atoms with van der Waals surface area (Å²) < 4.78 is 19.4. The number of aliphatic carboxylic acids is 1. The monoisotopic (exact) mass is 315 g/mol. The predicted octanol–water partition coefficient (Wildman–Crippen LogP) is 2.77. The van der Waals surface area contributed by atoms with Crippen LogP contribution in [0.3, 0.4) is 0 Å². The van der Waals surface area contributed by atoms with Gasteiger partial charge in [0.1, 0.15) is 11.6 Å². The van der Waals surface area contributed by atoms with Gasteiger partial charge in [0.15, 0.2) is 0 Å². The van der Waals surface area contributed by atoms with E-state index in [1.54, 1.807) is 31.4 Å². The molecule has 0 atom stereocenters. The summed E-state index contributed by atoms with van der Waals surface area (Å²) in [5, 5.41) is 12.3. The minimum absolute atomic E-state index is 0.0766. The lowest BCUT2D eigenvalue weighted by molar-refractivity contribution is -0.136.